The molecule has 5 rings (SSSR count). The van der Waals surface area contributed by atoms with Crippen molar-refractivity contribution >= 4 is 35.0 Å². The van der Waals surface area contributed by atoms with Crippen LogP contribution in [0, 0.1) is 12.8 Å². The van der Waals surface area contributed by atoms with Gasteiger partial charge >= 0.3 is 5.97 Å². The van der Waals surface area contributed by atoms with Gasteiger partial charge in [-0.3, -0.25) is 14.4 Å². The number of carboxylic acids is 1. The number of nitrogens with one attached hydrogen (secondary N) is 1. The van der Waals surface area contributed by atoms with Crippen molar-refractivity contribution in [1.29, 1.82) is 0 Å². The maximum atomic E-state index is 14.1. The van der Waals surface area contributed by atoms with Crippen LogP contribution in [0.15, 0.2) is 48.0 Å². The molecule has 0 radical (unpaired) electrons. The van der Waals surface area contributed by atoms with Crippen molar-refractivity contribution in [3.05, 3.63) is 70.4 Å². The third-order valence-electron chi connectivity index (χ3n) is 8.55. The molecule has 0 unspecified atom stereocenters. The molecule has 0 spiro atoms. The monoisotopic (exact) mass is 694 g/mol. The largest absolute Gasteiger partial charge is 0.491 e. The van der Waals surface area contributed by atoms with E-state index in [2.05, 4.69) is 10.3 Å². The van der Waals surface area contributed by atoms with Crippen LogP contribution in [-0.4, -0.2) is 106 Å². The van der Waals surface area contributed by atoms with E-state index in [1.165, 1.54) is 16.2 Å². The van der Waals surface area contributed by atoms with Gasteiger partial charge in [-0.15, -0.1) is 11.3 Å². The van der Waals surface area contributed by atoms with Crippen molar-refractivity contribution in [2.45, 2.75) is 58.5 Å². The van der Waals surface area contributed by atoms with Gasteiger partial charge in [-0.25, -0.2) is 9.78 Å². The van der Waals surface area contributed by atoms with Gasteiger partial charge in [-0.1, -0.05) is 44.2 Å². The van der Waals surface area contributed by atoms with Crippen LogP contribution < -0.4 is 10.1 Å². The molecule has 262 valence electrons. The van der Waals surface area contributed by atoms with Gasteiger partial charge in [0.05, 0.1) is 42.0 Å². The number of hydrogen-bond donors (Lipinski definition) is 3. The predicted octanol–water partition coefficient (Wildman–Crippen LogP) is 2.87. The Morgan fingerprint density at radius 1 is 1.08 bits per heavy atom. The minimum absolute atomic E-state index is 0.00623. The minimum atomic E-state index is -1.05. The lowest BCUT2D eigenvalue weighted by Crippen LogP contribution is -2.55. The van der Waals surface area contributed by atoms with E-state index < -0.39 is 36.7 Å². The van der Waals surface area contributed by atoms with Crippen LogP contribution in [0.2, 0.25) is 0 Å². The highest BCUT2D eigenvalue weighted by atomic mass is 32.1. The molecule has 1 saturated heterocycles. The van der Waals surface area contributed by atoms with E-state index in [-0.39, 0.29) is 63.7 Å². The Kier molecular flexibility index (Phi) is 12.0. The Morgan fingerprint density at radius 2 is 1.84 bits per heavy atom. The number of carbonyl (C=O) groups excluding carboxylic acids is 3. The first-order chi connectivity index (χ1) is 23.5. The number of amides is 3. The molecule has 0 bridgehead atoms. The van der Waals surface area contributed by atoms with Crippen LogP contribution in [-0.2, 0) is 36.9 Å². The standard InChI is InChI=1S/C35H42N4O9S/c1-21(2)31(39-17-25-6-4-5-7-27(25)34(39)44)35(45)38-18-26(40)15-28(38)33(43)36-16-24-9-8-23(32-22(3)37-20-49-32)14-29(24)48-13-12-46-10-11-47-19-30(41)42/h4-9,14,20-21,26,28,31,40H,10-13,15-19H2,1-3H3,(H,36,43)(H,41,42)/t26-,28+,31+/m1/s1. The summed E-state index contributed by atoms with van der Waals surface area (Å²) in [5.41, 5.74) is 5.67. The second-order valence-electron chi connectivity index (χ2n) is 12.4. The maximum Gasteiger partial charge on any atom is 0.329 e. The highest BCUT2D eigenvalue weighted by Gasteiger charge is 2.45. The SMILES string of the molecule is Cc1ncsc1-c1ccc(CNC(=O)[C@@H]2C[C@@H](O)CN2C(=O)[C@H](C(C)C)N2Cc3ccccc3C2=O)c(OCCOCCOCC(=O)O)c1. The number of ether oxygens (including phenoxy) is 3. The Morgan fingerprint density at radius 3 is 2.55 bits per heavy atom. The number of hydrogen-bond acceptors (Lipinski definition) is 10. The number of aliphatic hydroxyl groups is 1. The molecule has 0 saturated carbocycles. The van der Waals surface area contributed by atoms with Crippen LogP contribution in [0.25, 0.3) is 10.4 Å². The highest BCUT2D eigenvalue weighted by Crippen LogP contribution is 2.33. The maximum absolute atomic E-state index is 14.1. The van der Waals surface area contributed by atoms with Gasteiger partial charge in [0, 0.05) is 37.2 Å². The molecule has 3 aromatic rings. The van der Waals surface area contributed by atoms with Crippen LogP contribution >= 0.6 is 11.3 Å². The van der Waals surface area contributed by atoms with Gasteiger partial charge in [0.25, 0.3) is 5.91 Å². The molecule has 1 fully saturated rings. The van der Waals surface area contributed by atoms with Gasteiger partial charge in [0.2, 0.25) is 11.8 Å². The molecule has 2 aromatic carbocycles. The van der Waals surface area contributed by atoms with Crippen LogP contribution in [0.3, 0.4) is 0 Å². The number of aliphatic hydroxyl groups excluding tert-OH is 1. The molecule has 1 aromatic heterocycles. The quantitative estimate of drug-likeness (QED) is 0.190. The number of fused-ring (bicyclic) bond motifs is 1. The van der Waals surface area contributed by atoms with E-state index in [1.54, 1.807) is 22.5 Å². The van der Waals surface area contributed by atoms with Crippen LogP contribution in [0.5, 0.6) is 5.75 Å². The Labute approximate surface area is 288 Å². The zero-order valence-electron chi connectivity index (χ0n) is 27.8. The van der Waals surface area contributed by atoms with Crippen molar-refractivity contribution in [2.75, 3.05) is 39.6 Å². The number of aryl methyl sites for hydroxylation is 1. The zero-order chi connectivity index (χ0) is 35.1. The van der Waals surface area contributed by atoms with E-state index in [9.17, 15) is 24.3 Å². The second-order valence-corrected chi connectivity index (χ2v) is 13.2. The molecule has 49 heavy (non-hydrogen) atoms. The number of aromatic nitrogens is 1. The van der Waals surface area contributed by atoms with Gasteiger partial charge in [0.1, 0.15) is 31.0 Å². The normalized spacial score (nSPS) is 17.8. The zero-order valence-corrected chi connectivity index (χ0v) is 28.6. The third-order valence-corrected chi connectivity index (χ3v) is 9.52. The first-order valence-corrected chi connectivity index (χ1v) is 17.1. The average molecular weight is 695 g/mol. The average Bonchev–Trinajstić information content (AvgIpc) is 3.78. The molecule has 2 aliphatic rings. The number of thiazole rings is 1. The lowest BCUT2D eigenvalue weighted by Gasteiger charge is -2.35. The van der Waals surface area contributed by atoms with Crippen molar-refractivity contribution in [1.82, 2.24) is 20.1 Å². The van der Waals surface area contributed by atoms with Gasteiger partial charge in [-0.2, -0.15) is 0 Å². The summed E-state index contributed by atoms with van der Waals surface area (Å²) in [5.74, 6) is -1.75. The Balaban J connectivity index is 1.25. The third kappa shape index (κ3) is 8.63. The molecule has 3 N–H and O–H groups in total. The number of β-amino-alcohol motifs (C(OH)–C–C–N with tert-alkyl or cyclic N) is 1. The molecule has 3 heterocycles. The summed E-state index contributed by atoms with van der Waals surface area (Å²) in [5, 5.41) is 22.2. The number of nitrogens with zero attached hydrogens (tertiary/aromatic N) is 3. The predicted molar refractivity (Wildman–Crippen MR) is 180 cm³/mol. The summed E-state index contributed by atoms with van der Waals surface area (Å²) in [4.78, 5) is 59.9. The second kappa shape index (κ2) is 16.4. The first kappa shape index (κ1) is 35.9. The fourth-order valence-corrected chi connectivity index (χ4v) is 7.00. The topological polar surface area (TPSA) is 168 Å². The van der Waals surface area contributed by atoms with Crippen molar-refractivity contribution in [3.63, 3.8) is 0 Å². The van der Waals surface area contributed by atoms with Crippen LogP contribution in [0.4, 0.5) is 0 Å². The van der Waals surface area contributed by atoms with Gasteiger partial charge < -0.3 is 39.5 Å². The van der Waals surface area contributed by atoms with Gasteiger partial charge in [0.15, 0.2) is 0 Å². The van der Waals surface area contributed by atoms with Crippen molar-refractivity contribution in [2.24, 2.45) is 5.92 Å². The molecular weight excluding hydrogens is 652 g/mol. The number of likely N-dealkylation sites (tertiary alicyclic amines) is 1. The molecule has 13 nitrogen and oxygen atoms in total. The molecule has 3 amide bonds. The minimum Gasteiger partial charge on any atom is -0.491 e. The van der Waals surface area contributed by atoms with E-state index in [4.69, 9.17) is 19.3 Å². The van der Waals surface area contributed by atoms with E-state index in [0.717, 1.165) is 21.7 Å². The van der Waals surface area contributed by atoms with Crippen LogP contribution in [0.1, 0.15) is 47.4 Å². The number of carbonyl (C=O) groups is 4. The highest BCUT2D eigenvalue weighted by molar-refractivity contribution is 7.13. The lowest BCUT2D eigenvalue weighted by atomic mass is 10.0. The number of aliphatic carboxylic acids is 1. The fourth-order valence-electron chi connectivity index (χ4n) is 6.20. The number of rotatable bonds is 16. The molecule has 0 aliphatic carbocycles. The lowest BCUT2D eigenvalue weighted by molar-refractivity contribution is -0.143. The van der Waals surface area contributed by atoms with Crippen molar-refractivity contribution < 1.29 is 43.6 Å². The molecule has 14 heteroatoms. The van der Waals surface area contributed by atoms with Gasteiger partial charge in [-0.05, 0) is 36.1 Å². The molecule has 2 aliphatic heterocycles. The fraction of sp³-hybridized carbons (Fsp3) is 0.457. The Hall–Kier alpha value is -4.37. The van der Waals surface area contributed by atoms with E-state index in [1.807, 2.05) is 51.1 Å². The Bertz CT molecular complexity index is 1660. The summed E-state index contributed by atoms with van der Waals surface area (Å²) in [6, 6.07) is 11.3. The summed E-state index contributed by atoms with van der Waals surface area (Å²) in [7, 11) is 0. The number of carboxylic acid groups (broad SMARTS) is 1. The summed E-state index contributed by atoms with van der Waals surface area (Å²) >= 11 is 1.50. The molecular formula is C35H42N4O9S. The summed E-state index contributed by atoms with van der Waals surface area (Å²) in [6.45, 7) is 6.44. The van der Waals surface area contributed by atoms with E-state index in [0.29, 0.717) is 23.4 Å². The smallest absolute Gasteiger partial charge is 0.329 e. The first-order valence-electron chi connectivity index (χ1n) is 16.2. The van der Waals surface area contributed by atoms with Crippen molar-refractivity contribution in [3.8, 4) is 16.2 Å². The van der Waals surface area contributed by atoms with E-state index >= 15 is 0 Å². The summed E-state index contributed by atoms with van der Waals surface area (Å²) in [6.07, 6.45) is -0.800. The number of benzene rings is 2. The molecule has 3 atom stereocenters. The summed E-state index contributed by atoms with van der Waals surface area (Å²) < 4.78 is 16.6.